The number of ether oxygens (including phenoxy) is 1. The van der Waals surface area contributed by atoms with Gasteiger partial charge in [-0.3, -0.25) is 9.59 Å². The van der Waals surface area contributed by atoms with Crippen LogP contribution in [0.15, 0.2) is 48.5 Å². The van der Waals surface area contributed by atoms with Gasteiger partial charge in [-0.25, -0.2) is 4.79 Å². The zero-order valence-corrected chi connectivity index (χ0v) is 19.7. The van der Waals surface area contributed by atoms with Crippen LogP contribution in [0.2, 0.25) is 0 Å². The summed E-state index contributed by atoms with van der Waals surface area (Å²) in [4.78, 5) is 37.2. The summed E-state index contributed by atoms with van der Waals surface area (Å²) in [5.74, 6) is -1.39. The van der Waals surface area contributed by atoms with Gasteiger partial charge in [0.05, 0.1) is 6.42 Å². The fourth-order valence-corrected chi connectivity index (χ4v) is 4.97. The summed E-state index contributed by atoms with van der Waals surface area (Å²) in [5.41, 5.74) is 3.39. The van der Waals surface area contributed by atoms with E-state index in [1.165, 1.54) is 0 Å². The van der Waals surface area contributed by atoms with Crippen LogP contribution in [0, 0.1) is 5.92 Å². The van der Waals surface area contributed by atoms with Crippen LogP contribution in [0.5, 0.6) is 0 Å². The molecule has 0 aliphatic heterocycles. The van der Waals surface area contributed by atoms with Crippen molar-refractivity contribution in [2.75, 3.05) is 6.61 Å². The Morgan fingerprint density at radius 1 is 1.06 bits per heavy atom. The van der Waals surface area contributed by atoms with Crippen LogP contribution in [-0.2, 0) is 14.3 Å². The molecule has 3 N–H and O–H groups in total. The number of carbonyl (C=O) groups is 3. The van der Waals surface area contributed by atoms with Gasteiger partial charge < -0.3 is 20.5 Å². The number of hydrogen-bond acceptors (Lipinski definition) is 4. The summed E-state index contributed by atoms with van der Waals surface area (Å²) >= 11 is 0. The number of fused-ring (bicyclic) bond motifs is 3. The number of alkyl carbamates (subject to hydrolysis) is 1. The number of carboxylic acid groups (broad SMARTS) is 1. The summed E-state index contributed by atoms with van der Waals surface area (Å²) < 4.78 is 5.66. The largest absolute Gasteiger partial charge is 0.481 e. The monoisotopic (exact) mass is 464 g/mol. The molecule has 34 heavy (non-hydrogen) atoms. The van der Waals surface area contributed by atoms with Gasteiger partial charge in [0.1, 0.15) is 12.1 Å². The minimum absolute atomic E-state index is 0.0000806. The lowest BCUT2D eigenvalue weighted by Crippen LogP contribution is -2.60. The Labute approximate surface area is 199 Å². The Bertz CT molecular complexity index is 1030. The highest BCUT2D eigenvalue weighted by atomic mass is 16.5. The predicted molar refractivity (Wildman–Crippen MR) is 128 cm³/mol. The fraction of sp³-hybridized carbons (Fsp3) is 0.444. The first-order valence-corrected chi connectivity index (χ1v) is 12.0. The maximum Gasteiger partial charge on any atom is 0.408 e. The zero-order chi connectivity index (χ0) is 24.3. The first-order valence-electron chi connectivity index (χ1n) is 12.0. The van der Waals surface area contributed by atoms with E-state index < -0.39 is 23.6 Å². The Hall–Kier alpha value is -3.35. The smallest absolute Gasteiger partial charge is 0.408 e. The lowest BCUT2D eigenvalue weighted by atomic mass is 9.93. The maximum absolute atomic E-state index is 13.2. The second-order valence-electron chi connectivity index (χ2n) is 9.48. The summed E-state index contributed by atoms with van der Waals surface area (Å²) in [7, 11) is 0. The van der Waals surface area contributed by atoms with Crippen LogP contribution >= 0.6 is 0 Å². The van der Waals surface area contributed by atoms with Gasteiger partial charge in [0.2, 0.25) is 5.91 Å². The first kappa shape index (κ1) is 23.8. The van der Waals surface area contributed by atoms with Crippen LogP contribution in [0.25, 0.3) is 11.1 Å². The number of aliphatic carboxylic acids is 1. The van der Waals surface area contributed by atoms with E-state index in [-0.39, 0.29) is 30.8 Å². The molecular formula is C27H32N2O5. The summed E-state index contributed by atoms with van der Waals surface area (Å²) in [5, 5.41) is 14.8. The molecule has 1 saturated carbocycles. The van der Waals surface area contributed by atoms with E-state index >= 15 is 0 Å². The van der Waals surface area contributed by atoms with Crippen molar-refractivity contribution in [2.24, 2.45) is 5.92 Å². The number of carbonyl (C=O) groups excluding carboxylic acids is 2. The first-order chi connectivity index (χ1) is 16.3. The third-order valence-corrected chi connectivity index (χ3v) is 6.96. The van der Waals surface area contributed by atoms with E-state index in [2.05, 4.69) is 34.9 Å². The Kier molecular flexibility index (Phi) is 6.91. The Balaban J connectivity index is 1.43. The molecule has 0 radical (unpaired) electrons. The number of rotatable bonds is 10. The van der Waals surface area contributed by atoms with Crippen molar-refractivity contribution >= 4 is 18.0 Å². The van der Waals surface area contributed by atoms with Crippen molar-refractivity contribution < 1.29 is 24.2 Å². The van der Waals surface area contributed by atoms with Gasteiger partial charge >= 0.3 is 12.1 Å². The van der Waals surface area contributed by atoms with E-state index in [9.17, 15) is 14.4 Å². The second kappa shape index (κ2) is 9.87. The second-order valence-corrected chi connectivity index (χ2v) is 9.48. The highest BCUT2D eigenvalue weighted by Gasteiger charge is 2.49. The molecule has 1 fully saturated rings. The van der Waals surface area contributed by atoms with Crippen molar-refractivity contribution in [1.29, 1.82) is 0 Å². The average Bonchev–Trinajstić information content (AvgIpc) is 3.61. The predicted octanol–water partition coefficient (Wildman–Crippen LogP) is 4.45. The molecule has 2 amide bonds. The number of amides is 2. The van der Waals surface area contributed by atoms with E-state index in [1.807, 2.05) is 31.2 Å². The third kappa shape index (κ3) is 4.93. The van der Waals surface area contributed by atoms with Gasteiger partial charge in [-0.1, -0.05) is 61.9 Å². The van der Waals surface area contributed by atoms with E-state index in [0.29, 0.717) is 6.42 Å². The molecule has 0 bridgehead atoms. The molecule has 2 aliphatic rings. The normalized spacial score (nSPS) is 17.1. The lowest BCUT2D eigenvalue weighted by molar-refractivity contribution is -0.138. The molecule has 0 saturated heterocycles. The van der Waals surface area contributed by atoms with Gasteiger partial charge in [0.15, 0.2) is 0 Å². The van der Waals surface area contributed by atoms with Gasteiger partial charge in [0, 0.05) is 12.0 Å². The van der Waals surface area contributed by atoms with Crippen molar-refractivity contribution in [1.82, 2.24) is 10.6 Å². The van der Waals surface area contributed by atoms with Crippen molar-refractivity contribution in [3.8, 4) is 11.1 Å². The standard InChI is InChI=1S/C27H32N2O5/c1-3-8-18(15-24(30)31)28-25(32)27(2,17-13-14-17)29-26(33)34-16-23-21-11-6-4-9-19(21)20-10-5-7-12-22(20)23/h4-7,9-12,17-18,23H,3,8,13-16H2,1-2H3,(H,28,32)(H,29,33)(H,30,31)/t18-,27?/m0/s1. The zero-order valence-electron chi connectivity index (χ0n) is 19.7. The summed E-state index contributed by atoms with van der Waals surface area (Å²) in [6.07, 6.45) is 2.17. The van der Waals surface area contributed by atoms with Gasteiger partial charge in [-0.15, -0.1) is 0 Å². The molecule has 7 nitrogen and oxygen atoms in total. The molecule has 2 aromatic rings. The quantitative estimate of drug-likeness (QED) is 0.482. The number of hydrogen-bond donors (Lipinski definition) is 3. The van der Waals surface area contributed by atoms with E-state index in [0.717, 1.165) is 41.5 Å². The molecule has 7 heteroatoms. The van der Waals surface area contributed by atoms with E-state index in [4.69, 9.17) is 9.84 Å². The van der Waals surface area contributed by atoms with Crippen molar-refractivity contribution in [3.05, 3.63) is 59.7 Å². The van der Waals surface area contributed by atoms with Crippen LogP contribution in [0.3, 0.4) is 0 Å². The molecule has 0 heterocycles. The minimum Gasteiger partial charge on any atom is -0.481 e. The van der Waals surface area contributed by atoms with E-state index in [1.54, 1.807) is 6.92 Å². The van der Waals surface area contributed by atoms with Gasteiger partial charge in [0.25, 0.3) is 0 Å². The lowest BCUT2D eigenvalue weighted by Gasteiger charge is -2.31. The molecule has 1 unspecified atom stereocenters. The molecule has 2 aliphatic carbocycles. The summed E-state index contributed by atoms with van der Waals surface area (Å²) in [6, 6.07) is 15.8. The summed E-state index contributed by atoms with van der Waals surface area (Å²) in [6.45, 7) is 3.81. The van der Waals surface area contributed by atoms with Crippen molar-refractivity contribution in [3.63, 3.8) is 0 Å². The molecule has 180 valence electrons. The van der Waals surface area contributed by atoms with Crippen LogP contribution in [0.1, 0.15) is 63.0 Å². The highest BCUT2D eigenvalue weighted by Crippen LogP contribution is 2.44. The van der Waals surface area contributed by atoms with Gasteiger partial charge in [-0.05, 0) is 54.4 Å². The molecule has 0 aromatic heterocycles. The van der Waals surface area contributed by atoms with Crippen LogP contribution < -0.4 is 10.6 Å². The topological polar surface area (TPSA) is 105 Å². The number of carboxylic acids is 1. The SMILES string of the molecule is CCC[C@@H](CC(=O)O)NC(=O)C(C)(NC(=O)OCC1c2ccccc2-c2ccccc21)C1CC1. The Morgan fingerprint density at radius 2 is 1.65 bits per heavy atom. The number of nitrogens with one attached hydrogen (secondary N) is 2. The molecular weight excluding hydrogens is 432 g/mol. The minimum atomic E-state index is -1.15. The highest BCUT2D eigenvalue weighted by molar-refractivity contribution is 5.91. The third-order valence-electron chi connectivity index (χ3n) is 6.96. The molecule has 4 rings (SSSR count). The number of benzene rings is 2. The van der Waals surface area contributed by atoms with Crippen LogP contribution in [0.4, 0.5) is 4.79 Å². The fourth-order valence-electron chi connectivity index (χ4n) is 4.97. The van der Waals surface area contributed by atoms with Crippen LogP contribution in [-0.4, -0.2) is 41.3 Å². The molecule has 0 spiro atoms. The van der Waals surface area contributed by atoms with Crippen molar-refractivity contribution in [2.45, 2.75) is 63.5 Å². The molecule has 2 aromatic carbocycles. The maximum atomic E-state index is 13.2. The van der Waals surface area contributed by atoms with Gasteiger partial charge in [-0.2, -0.15) is 0 Å². The Morgan fingerprint density at radius 3 is 2.18 bits per heavy atom. The molecule has 2 atom stereocenters. The average molecular weight is 465 g/mol.